The minimum absolute atomic E-state index is 0.00918. The molecule has 0 radical (unpaired) electrons. The maximum atomic E-state index is 11.0. The first-order valence-corrected chi connectivity index (χ1v) is 6.66. The average Bonchev–Trinajstić information content (AvgIpc) is 2.84. The Morgan fingerprint density at radius 3 is 2.80 bits per heavy atom. The predicted molar refractivity (Wildman–Crippen MR) is 75.1 cm³/mol. The van der Waals surface area contributed by atoms with Crippen LogP contribution in [0.2, 0.25) is 0 Å². The van der Waals surface area contributed by atoms with Crippen LogP contribution in [0.5, 0.6) is 5.75 Å². The van der Waals surface area contributed by atoms with Gasteiger partial charge in [0.1, 0.15) is 5.75 Å². The number of thiazole rings is 1. The Labute approximate surface area is 118 Å². The first kappa shape index (κ1) is 14.2. The second kappa shape index (κ2) is 6.31. The van der Waals surface area contributed by atoms with Gasteiger partial charge in [0.2, 0.25) is 0 Å². The highest BCUT2D eigenvalue weighted by atomic mass is 32.1. The maximum Gasteiger partial charge on any atom is 0.304 e. The smallest absolute Gasteiger partial charge is 0.304 e. The molecule has 0 spiro atoms. The molecule has 0 bridgehead atoms. The quantitative estimate of drug-likeness (QED) is 0.623. The first-order chi connectivity index (χ1) is 9.58. The van der Waals surface area contributed by atoms with Crippen molar-refractivity contribution in [1.29, 1.82) is 0 Å². The van der Waals surface area contributed by atoms with E-state index in [0.29, 0.717) is 18.8 Å². The highest BCUT2D eigenvalue weighted by Gasteiger charge is 2.10. The molecule has 2 N–H and O–H groups in total. The molecule has 0 amide bonds. The maximum absolute atomic E-state index is 11.0. The van der Waals surface area contributed by atoms with Crippen molar-refractivity contribution >= 4 is 17.0 Å². The molecule has 0 atom stereocenters. The molecule has 0 aliphatic heterocycles. The van der Waals surface area contributed by atoms with Crippen molar-refractivity contribution < 1.29 is 9.66 Å². The molecule has 20 heavy (non-hydrogen) atoms. The second-order valence-electron chi connectivity index (χ2n) is 4.07. The Morgan fingerprint density at radius 1 is 1.40 bits per heavy atom. The summed E-state index contributed by atoms with van der Waals surface area (Å²) in [5, 5.41) is 15.7. The van der Waals surface area contributed by atoms with Gasteiger partial charge in [0, 0.05) is 30.2 Å². The fourth-order valence-electron chi connectivity index (χ4n) is 1.71. The molecule has 1 aromatic carbocycles. The lowest BCUT2D eigenvalue weighted by Gasteiger charge is -2.06. The monoisotopic (exact) mass is 295 g/mol. The predicted octanol–water partition coefficient (Wildman–Crippen LogP) is 1.64. The van der Waals surface area contributed by atoms with E-state index in [1.807, 2.05) is 0 Å². The minimum atomic E-state index is -0.456. The van der Waals surface area contributed by atoms with E-state index in [0.717, 1.165) is 22.6 Å². The number of methoxy groups -OCH3 is 1. The molecule has 8 heteroatoms. The number of hydrogen-bond acceptors (Lipinski definition) is 6. The fourth-order valence-corrected chi connectivity index (χ4v) is 2.29. The lowest BCUT2D eigenvalue weighted by molar-refractivity contribution is -0.385. The van der Waals surface area contributed by atoms with Crippen LogP contribution in [-0.2, 0) is 13.1 Å². The van der Waals surface area contributed by atoms with E-state index in [2.05, 4.69) is 10.3 Å². The summed E-state index contributed by atoms with van der Waals surface area (Å²) in [7, 11) is 1.46. The molecule has 0 saturated heterocycles. The van der Waals surface area contributed by atoms with Crippen LogP contribution < -0.4 is 14.9 Å². The van der Waals surface area contributed by atoms with Gasteiger partial charge < -0.3 is 15.0 Å². The summed E-state index contributed by atoms with van der Waals surface area (Å²) in [4.78, 5) is 23.9. The zero-order chi connectivity index (χ0) is 14.5. The molecule has 106 valence electrons. The third-order valence-corrected chi connectivity index (χ3v) is 3.33. The lowest BCUT2D eigenvalue weighted by atomic mass is 10.2. The molecule has 0 fully saturated rings. The largest absolute Gasteiger partial charge is 0.496 e. The van der Waals surface area contributed by atoms with E-state index >= 15 is 0 Å². The van der Waals surface area contributed by atoms with Gasteiger partial charge in [0.05, 0.1) is 18.1 Å². The second-order valence-corrected chi connectivity index (χ2v) is 4.92. The van der Waals surface area contributed by atoms with Crippen molar-refractivity contribution in [2.45, 2.75) is 13.1 Å². The zero-order valence-electron chi connectivity index (χ0n) is 10.7. The van der Waals surface area contributed by atoms with Gasteiger partial charge in [-0.25, -0.2) is 0 Å². The molecule has 0 unspecified atom stereocenters. The minimum Gasteiger partial charge on any atom is -0.496 e. The van der Waals surface area contributed by atoms with Gasteiger partial charge in [0.15, 0.2) is 0 Å². The van der Waals surface area contributed by atoms with Gasteiger partial charge in [-0.1, -0.05) is 11.3 Å². The van der Waals surface area contributed by atoms with E-state index in [1.54, 1.807) is 11.4 Å². The van der Waals surface area contributed by atoms with Crippen LogP contribution in [0, 0.1) is 10.1 Å². The third-order valence-electron chi connectivity index (χ3n) is 2.61. The van der Waals surface area contributed by atoms with Crippen LogP contribution in [0.3, 0.4) is 0 Å². The van der Waals surface area contributed by atoms with E-state index in [1.165, 1.54) is 19.2 Å². The van der Waals surface area contributed by atoms with Gasteiger partial charge in [-0.15, -0.1) is 0 Å². The SMILES string of the molecule is COc1cc(CNCc2csc(=O)[nH]2)cc([N+](=O)[O-])c1. The van der Waals surface area contributed by atoms with E-state index in [9.17, 15) is 14.9 Å². The van der Waals surface area contributed by atoms with Gasteiger partial charge >= 0.3 is 4.87 Å². The number of aromatic amines is 1. The van der Waals surface area contributed by atoms with Crippen molar-refractivity contribution in [3.8, 4) is 5.75 Å². The van der Waals surface area contributed by atoms with Crippen molar-refractivity contribution in [3.05, 3.63) is 54.6 Å². The Balaban J connectivity index is 2.03. The Bertz CT molecular complexity index is 665. The summed E-state index contributed by atoms with van der Waals surface area (Å²) in [5.74, 6) is 0.444. The summed E-state index contributed by atoms with van der Waals surface area (Å²) in [6.07, 6.45) is 0. The highest BCUT2D eigenvalue weighted by Crippen LogP contribution is 2.22. The number of non-ortho nitro benzene ring substituents is 1. The molecular formula is C12H13N3O4S. The molecule has 0 aliphatic rings. The standard InChI is InChI=1S/C12H13N3O4S/c1-19-11-3-8(2-10(4-11)15(17)18)5-13-6-9-7-20-12(16)14-9/h2-4,7,13H,5-6H2,1H3,(H,14,16). The molecule has 1 heterocycles. The van der Waals surface area contributed by atoms with Crippen LogP contribution in [0.15, 0.2) is 28.4 Å². The Hall–Kier alpha value is -2.19. The number of nitrogens with zero attached hydrogens (tertiary/aromatic N) is 1. The average molecular weight is 295 g/mol. The van der Waals surface area contributed by atoms with Crippen molar-refractivity contribution in [1.82, 2.24) is 10.3 Å². The normalized spacial score (nSPS) is 10.4. The molecule has 0 saturated carbocycles. The first-order valence-electron chi connectivity index (χ1n) is 5.78. The van der Waals surface area contributed by atoms with E-state index in [4.69, 9.17) is 4.74 Å². The molecule has 0 aliphatic carbocycles. The number of hydrogen-bond donors (Lipinski definition) is 2. The zero-order valence-corrected chi connectivity index (χ0v) is 11.5. The molecule has 2 aromatic rings. The summed E-state index contributed by atoms with van der Waals surface area (Å²) < 4.78 is 5.04. The summed E-state index contributed by atoms with van der Waals surface area (Å²) in [5.41, 5.74) is 1.52. The number of nitro benzene ring substituents is 1. The lowest BCUT2D eigenvalue weighted by Crippen LogP contribution is -2.14. The number of aromatic nitrogens is 1. The van der Waals surface area contributed by atoms with Crippen LogP contribution in [0.4, 0.5) is 5.69 Å². The fraction of sp³-hybridized carbons (Fsp3) is 0.250. The summed E-state index contributed by atoms with van der Waals surface area (Å²) >= 11 is 1.10. The number of H-pyrrole nitrogens is 1. The van der Waals surface area contributed by atoms with Crippen LogP contribution in [-0.4, -0.2) is 17.0 Å². The molecule has 1 aromatic heterocycles. The Kier molecular flexibility index (Phi) is 4.49. The van der Waals surface area contributed by atoms with Gasteiger partial charge in [0.25, 0.3) is 5.69 Å². The Morgan fingerprint density at radius 2 is 2.20 bits per heavy atom. The molecular weight excluding hydrogens is 282 g/mol. The topological polar surface area (TPSA) is 97.3 Å². The van der Waals surface area contributed by atoms with Gasteiger partial charge in [-0.05, 0) is 11.6 Å². The van der Waals surface area contributed by atoms with E-state index in [-0.39, 0.29) is 10.6 Å². The van der Waals surface area contributed by atoms with Crippen LogP contribution >= 0.6 is 11.3 Å². The van der Waals surface area contributed by atoms with Crippen molar-refractivity contribution in [2.75, 3.05) is 7.11 Å². The van der Waals surface area contributed by atoms with Crippen molar-refractivity contribution in [2.24, 2.45) is 0 Å². The number of nitrogens with one attached hydrogen (secondary N) is 2. The molecule has 2 rings (SSSR count). The number of ether oxygens (including phenoxy) is 1. The van der Waals surface area contributed by atoms with Gasteiger partial charge in [-0.3, -0.25) is 14.9 Å². The number of rotatable bonds is 6. The molecule has 7 nitrogen and oxygen atoms in total. The highest BCUT2D eigenvalue weighted by molar-refractivity contribution is 7.07. The van der Waals surface area contributed by atoms with Crippen LogP contribution in [0.1, 0.15) is 11.3 Å². The number of benzene rings is 1. The summed E-state index contributed by atoms with van der Waals surface area (Å²) in [6.45, 7) is 0.930. The van der Waals surface area contributed by atoms with E-state index < -0.39 is 4.92 Å². The third kappa shape index (κ3) is 3.65. The van der Waals surface area contributed by atoms with Crippen LogP contribution in [0.25, 0.3) is 0 Å². The van der Waals surface area contributed by atoms with Crippen molar-refractivity contribution in [3.63, 3.8) is 0 Å². The summed E-state index contributed by atoms with van der Waals surface area (Å²) in [6, 6.07) is 4.60. The van der Waals surface area contributed by atoms with Gasteiger partial charge in [-0.2, -0.15) is 0 Å². The number of nitro groups is 1.